The van der Waals surface area contributed by atoms with E-state index in [1.807, 2.05) is 30.3 Å². The Labute approximate surface area is 195 Å². The van der Waals surface area contributed by atoms with Gasteiger partial charge in [0, 0.05) is 21.2 Å². The van der Waals surface area contributed by atoms with Crippen molar-refractivity contribution in [1.82, 2.24) is 30.7 Å². The SMILES string of the molecule is Nc1nonc1-n1nnc(C(=O)NN=Cc2ccc(Cl)cc2Cl)c1CSc1ccccc1. The molecule has 0 aliphatic rings. The van der Waals surface area contributed by atoms with Gasteiger partial charge in [0.05, 0.1) is 16.9 Å². The number of benzene rings is 2. The summed E-state index contributed by atoms with van der Waals surface area (Å²) >= 11 is 13.5. The first-order chi connectivity index (χ1) is 15.5. The predicted molar refractivity (Wildman–Crippen MR) is 121 cm³/mol. The van der Waals surface area contributed by atoms with Gasteiger partial charge >= 0.3 is 0 Å². The molecule has 0 aliphatic heterocycles. The van der Waals surface area contributed by atoms with E-state index in [9.17, 15) is 4.79 Å². The molecule has 0 aliphatic carbocycles. The summed E-state index contributed by atoms with van der Waals surface area (Å²) in [6, 6.07) is 14.6. The van der Waals surface area contributed by atoms with Crippen molar-refractivity contribution >= 4 is 52.9 Å². The fraction of sp³-hybridized carbons (Fsp3) is 0.0526. The van der Waals surface area contributed by atoms with Crippen molar-refractivity contribution in [2.75, 3.05) is 5.73 Å². The van der Waals surface area contributed by atoms with E-state index in [2.05, 4.69) is 35.8 Å². The molecule has 162 valence electrons. The largest absolute Gasteiger partial charge is 0.378 e. The number of nitrogens with one attached hydrogen (secondary N) is 1. The number of carbonyl (C=O) groups excluding carboxylic acids is 1. The summed E-state index contributed by atoms with van der Waals surface area (Å²) in [6.45, 7) is 0. The van der Waals surface area contributed by atoms with E-state index >= 15 is 0 Å². The lowest BCUT2D eigenvalue weighted by molar-refractivity contribution is 0.0949. The highest BCUT2D eigenvalue weighted by Gasteiger charge is 2.24. The maximum absolute atomic E-state index is 12.8. The minimum atomic E-state index is -0.573. The molecule has 2 heterocycles. The first-order valence-electron chi connectivity index (χ1n) is 9.02. The van der Waals surface area contributed by atoms with Crippen LogP contribution in [0.25, 0.3) is 5.82 Å². The predicted octanol–water partition coefficient (Wildman–Crippen LogP) is 3.60. The van der Waals surface area contributed by atoms with Gasteiger partial charge < -0.3 is 5.73 Å². The zero-order chi connectivity index (χ0) is 22.5. The van der Waals surface area contributed by atoms with Crippen molar-refractivity contribution in [2.45, 2.75) is 10.6 Å². The van der Waals surface area contributed by atoms with Crippen LogP contribution < -0.4 is 11.2 Å². The number of hydrogen-bond acceptors (Lipinski definition) is 9. The third-order valence-corrected chi connectivity index (χ3v) is 5.71. The van der Waals surface area contributed by atoms with Crippen LogP contribution in [-0.4, -0.2) is 37.4 Å². The Kier molecular flexibility index (Phi) is 6.69. The summed E-state index contributed by atoms with van der Waals surface area (Å²) < 4.78 is 5.97. The first-order valence-corrected chi connectivity index (χ1v) is 10.8. The van der Waals surface area contributed by atoms with Gasteiger partial charge in [-0.2, -0.15) is 9.78 Å². The number of amides is 1. The second-order valence-corrected chi connectivity index (χ2v) is 8.13. The number of rotatable bonds is 7. The molecule has 3 N–H and O–H groups in total. The molecule has 1 amide bonds. The second kappa shape index (κ2) is 9.81. The Morgan fingerprint density at radius 1 is 1.22 bits per heavy atom. The summed E-state index contributed by atoms with van der Waals surface area (Å²) in [6.07, 6.45) is 1.40. The lowest BCUT2D eigenvalue weighted by Gasteiger charge is -2.05. The number of halogens is 2. The highest BCUT2D eigenvalue weighted by Crippen LogP contribution is 2.26. The van der Waals surface area contributed by atoms with E-state index < -0.39 is 5.91 Å². The molecule has 2 aromatic heterocycles. The molecule has 4 aromatic rings. The van der Waals surface area contributed by atoms with Crippen LogP contribution in [0.3, 0.4) is 0 Å². The van der Waals surface area contributed by atoms with E-state index in [1.54, 1.807) is 18.2 Å². The van der Waals surface area contributed by atoms with Crippen molar-refractivity contribution in [3.63, 3.8) is 0 Å². The number of aromatic nitrogens is 5. The van der Waals surface area contributed by atoms with Crippen molar-refractivity contribution < 1.29 is 9.42 Å². The van der Waals surface area contributed by atoms with Gasteiger partial charge in [0.1, 0.15) is 0 Å². The molecule has 0 atom stereocenters. The Bertz CT molecular complexity index is 1280. The van der Waals surface area contributed by atoms with E-state index in [0.29, 0.717) is 27.1 Å². The molecule has 2 aromatic carbocycles. The zero-order valence-corrected chi connectivity index (χ0v) is 18.5. The molecule has 0 saturated heterocycles. The van der Waals surface area contributed by atoms with Gasteiger partial charge in [0.2, 0.25) is 11.6 Å². The number of carbonyl (C=O) groups is 1. The number of anilines is 1. The van der Waals surface area contributed by atoms with Crippen molar-refractivity contribution in [2.24, 2.45) is 5.10 Å². The van der Waals surface area contributed by atoms with Crippen LogP contribution in [0.1, 0.15) is 21.7 Å². The van der Waals surface area contributed by atoms with Crippen molar-refractivity contribution in [3.05, 3.63) is 75.5 Å². The van der Waals surface area contributed by atoms with Crippen LogP contribution in [0.2, 0.25) is 10.0 Å². The number of hydrazone groups is 1. The maximum atomic E-state index is 12.8. The summed E-state index contributed by atoms with van der Waals surface area (Å²) in [5.74, 6) is -0.0742. The number of hydrogen-bond donors (Lipinski definition) is 2. The molecule has 13 heteroatoms. The van der Waals surface area contributed by atoms with Gasteiger partial charge in [0.15, 0.2) is 5.69 Å². The van der Waals surface area contributed by atoms with Gasteiger partial charge in [-0.1, -0.05) is 52.7 Å². The minimum absolute atomic E-state index is 0.0169. The van der Waals surface area contributed by atoms with Crippen LogP contribution in [0.5, 0.6) is 0 Å². The van der Waals surface area contributed by atoms with Crippen molar-refractivity contribution in [1.29, 1.82) is 0 Å². The normalized spacial score (nSPS) is 11.2. The van der Waals surface area contributed by atoms with Gasteiger partial charge in [-0.05, 0) is 34.6 Å². The Morgan fingerprint density at radius 3 is 2.75 bits per heavy atom. The highest BCUT2D eigenvalue weighted by molar-refractivity contribution is 7.98. The van der Waals surface area contributed by atoms with Crippen LogP contribution in [0, 0.1) is 0 Å². The van der Waals surface area contributed by atoms with Gasteiger partial charge in [-0.3, -0.25) is 4.79 Å². The van der Waals surface area contributed by atoms with Gasteiger partial charge in [-0.15, -0.1) is 16.9 Å². The number of nitrogens with two attached hydrogens (primary N) is 1. The summed E-state index contributed by atoms with van der Waals surface area (Å²) in [7, 11) is 0. The first kappa shape index (κ1) is 21.8. The summed E-state index contributed by atoms with van der Waals surface area (Å²) in [5, 5.41) is 20.1. The van der Waals surface area contributed by atoms with E-state index in [1.165, 1.54) is 22.7 Å². The molecule has 0 fully saturated rings. The molecule has 32 heavy (non-hydrogen) atoms. The lowest BCUT2D eigenvalue weighted by Crippen LogP contribution is -2.20. The average Bonchev–Trinajstić information content (AvgIpc) is 3.40. The van der Waals surface area contributed by atoms with Crippen LogP contribution in [-0.2, 0) is 5.75 Å². The van der Waals surface area contributed by atoms with Gasteiger partial charge in [-0.25, -0.2) is 10.1 Å². The van der Waals surface area contributed by atoms with Crippen LogP contribution in [0.4, 0.5) is 5.82 Å². The topological polar surface area (TPSA) is 137 Å². The standard InChI is InChI=1S/C19H14Cl2N8O2S/c20-12-7-6-11(14(21)8-12)9-23-25-19(30)16-15(10-32-13-4-2-1-3-5-13)29(28-24-16)18-17(22)26-31-27-18/h1-9H,10H2,(H2,22,26)(H,25,30). The Morgan fingerprint density at radius 2 is 2.03 bits per heavy atom. The molecule has 0 saturated carbocycles. The molecule has 0 bridgehead atoms. The fourth-order valence-corrected chi connectivity index (χ4v) is 3.97. The second-order valence-electron chi connectivity index (χ2n) is 6.24. The van der Waals surface area contributed by atoms with E-state index in [4.69, 9.17) is 28.9 Å². The molecule has 4 rings (SSSR count). The fourth-order valence-electron chi connectivity index (χ4n) is 2.60. The third-order valence-electron chi connectivity index (χ3n) is 4.13. The van der Waals surface area contributed by atoms with Gasteiger partial charge in [0.25, 0.3) is 5.91 Å². The summed E-state index contributed by atoms with van der Waals surface area (Å²) in [4.78, 5) is 13.8. The zero-order valence-electron chi connectivity index (χ0n) is 16.1. The van der Waals surface area contributed by atoms with Crippen LogP contribution >= 0.6 is 35.0 Å². The quantitative estimate of drug-likeness (QED) is 0.228. The van der Waals surface area contributed by atoms with E-state index in [-0.39, 0.29) is 17.3 Å². The molecule has 10 nitrogen and oxygen atoms in total. The van der Waals surface area contributed by atoms with E-state index in [0.717, 1.165) is 4.90 Å². The maximum Gasteiger partial charge on any atom is 0.293 e. The third kappa shape index (κ3) is 4.90. The van der Waals surface area contributed by atoms with Crippen molar-refractivity contribution in [3.8, 4) is 5.82 Å². The molecular formula is C19H14Cl2N8O2S. The molecule has 0 radical (unpaired) electrons. The monoisotopic (exact) mass is 488 g/mol. The number of thioether (sulfide) groups is 1. The molecular weight excluding hydrogens is 475 g/mol. The number of nitrogen functional groups attached to an aromatic ring is 1. The highest BCUT2D eigenvalue weighted by atomic mass is 35.5. The lowest BCUT2D eigenvalue weighted by atomic mass is 10.2. The average molecular weight is 489 g/mol. The molecule has 0 spiro atoms. The minimum Gasteiger partial charge on any atom is -0.378 e. The van der Waals surface area contributed by atoms with Crippen LogP contribution in [0.15, 0.2) is 63.2 Å². The molecule has 0 unspecified atom stereocenters. The number of nitrogens with zero attached hydrogens (tertiary/aromatic N) is 6. The Balaban J connectivity index is 1.58. The Hall–Kier alpha value is -3.41. The smallest absolute Gasteiger partial charge is 0.293 e. The summed E-state index contributed by atoms with van der Waals surface area (Å²) in [5.41, 5.74) is 9.30.